The van der Waals surface area contributed by atoms with Gasteiger partial charge in [0.2, 0.25) is 0 Å². The lowest BCUT2D eigenvalue weighted by molar-refractivity contribution is 0.125. The minimum Gasteiger partial charge on any atom is -0.450 e. The number of amides is 1. The molecule has 0 aliphatic heterocycles. The number of carbonyl (C=O) groups is 1. The fourth-order valence-corrected chi connectivity index (χ4v) is 0.784. The number of rotatable bonds is 6. The van der Waals surface area contributed by atoms with Crippen LogP contribution < -0.4 is 5.32 Å². The number of aliphatic hydroxyl groups excluding tert-OH is 1. The summed E-state index contributed by atoms with van der Waals surface area (Å²) < 4.78 is 4.89. The van der Waals surface area contributed by atoms with Crippen LogP contribution in [0.15, 0.2) is 0 Å². The topological polar surface area (TPSA) is 58.6 Å². The number of alkyl carbamates (subject to hydrolysis) is 1. The molecule has 0 rings (SSSR count). The van der Waals surface area contributed by atoms with Crippen molar-refractivity contribution in [2.75, 3.05) is 13.2 Å². The molecular weight excluding hydrogens is 182 g/mol. The Morgan fingerprint density at radius 3 is 2.64 bits per heavy atom. The van der Waals surface area contributed by atoms with E-state index >= 15 is 0 Å². The van der Waals surface area contributed by atoms with Crippen molar-refractivity contribution in [3.8, 4) is 0 Å². The van der Waals surface area contributed by atoms with E-state index < -0.39 is 12.2 Å². The van der Waals surface area contributed by atoms with Gasteiger partial charge in [-0.3, -0.25) is 0 Å². The first-order chi connectivity index (χ1) is 6.56. The number of nitrogens with one attached hydrogen (secondary N) is 1. The lowest BCUT2D eigenvalue weighted by Crippen LogP contribution is -2.32. The van der Waals surface area contributed by atoms with E-state index in [0.717, 1.165) is 6.42 Å². The van der Waals surface area contributed by atoms with Gasteiger partial charge in [-0.15, -0.1) is 0 Å². The van der Waals surface area contributed by atoms with E-state index in [2.05, 4.69) is 19.2 Å². The van der Waals surface area contributed by atoms with E-state index in [1.807, 2.05) is 6.92 Å². The Labute approximate surface area is 85.6 Å². The zero-order chi connectivity index (χ0) is 11.0. The quantitative estimate of drug-likeness (QED) is 0.688. The van der Waals surface area contributed by atoms with Crippen molar-refractivity contribution in [1.82, 2.24) is 5.32 Å². The van der Waals surface area contributed by atoms with Crippen molar-refractivity contribution >= 4 is 6.09 Å². The van der Waals surface area contributed by atoms with Gasteiger partial charge in [-0.05, 0) is 18.8 Å². The number of carbonyl (C=O) groups excluding carboxylic acids is 1. The Hall–Kier alpha value is -0.770. The highest BCUT2D eigenvalue weighted by atomic mass is 16.5. The van der Waals surface area contributed by atoms with E-state index in [1.165, 1.54) is 0 Å². The van der Waals surface area contributed by atoms with Crippen molar-refractivity contribution in [3.63, 3.8) is 0 Å². The lowest BCUT2D eigenvalue weighted by atomic mass is 10.1. The van der Waals surface area contributed by atoms with E-state index in [-0.39, 0.29) is 6.54 Å². The van der Waals surface area contributed by atoms with Gasteiger partial charge in [0.1, 0.15) is 0 Å². The second kappa shape index (κ2) is 7.62. The second-order valence-electron chi connectivity index (χ2n) is 3.76. The minimum atomic E-state index is -0.479. The van der Waals surface area contributed by atoms with Crippen molar-refractivity contribution in [2.24, 2.45) is 5.92 Å². The van der Waals surface area contributed by atoms with Crippen LogP contribution in [0.2, 0.25) is 0 Å². The Morgan fingerprint density at radius 1 is 1.50 bits per heavy atom. The molecule has 0 radical (unpaired) electrons. The van der Waals surface area contributed by atoms with Gasteiger partial charge in [0.15, 0.2) is 0 Å². The molecule has 1 amide bonds. The summed E-state index contributed by atoms with van der Waals surface area (Å²) in [5.74, 6) is 0.532. The van der Waals surface area contributed by atoms with Gasteiger partial charge in [-0.1, -0.05) is 20.8 Å². The molecule has 0 saturated carbocycles. The summed E-state index contributed by atoms with van der Waals surface area (Å²) in [5, 5.41) is 11.6. The molecular formula is C10H21NO3. The molecule has 0 aliphatic rings. The molecule has 4 nitrogen and oxygen atoms in total. The summed E-state index contributed by atoms with van der Waals surface area (Å²) >= 11 is 0. The Morgan fingerprint density at radius 2 is 2.14 bits per heavy atom. The summed E-state index contributed by atoms with van der Waals surface area (Å²) in [5.41, 5.74) is 0. The lowest BCUT2D eigenvalue weighted by Gasteiger charge is -2.10. The number of hydrogen-bond acceptors (Lipinski definition) is 3. The normalized spacial score (nSPS) is 12.6. The van der Waals surface area contributed by atoms with Crippen molar-refractivity contribution in [2.45, 2.75) is 39.7 Å². The van der Waals surface area contributed by atoms with Crippen LogP contribution in [-0.4, -0.2) is 30.5 Å². The third-order valence-corrected chi connectivity index (χ3v) is 1.88. The highest BCUT2D eigenvalue weighted by molar-refractivity contribution is 5.67. The molecule has 0 saturated heterocycles. The van der Waals surface area contributed by atoms with Gasteiger partial charge < -0.3 is 15.2 Å². The average Bonchev–Trinajstić information content (AvgIpc) is 2.13. The maximum Gasteiger partial charge on any atom is 0.407 e. The third-order valence-electron chi connectivity index (χ3n) is 1.88. The summed E-state index contributed by atoms with van der Waals surface area (Å²) in [6, 6.07) is 0. The molecule has 0 aromatic carbocycles. The molecule has 0 fully saturated rings. The Bertz CT molecular complexity index is 159. The fraction of sp³-hybridized carbons (Fsp3) is 0.900. The number of hydrogen-bond donors (Lipinski definition) is 2. The number of ether oxygens (including phenoxy) is 1. The molecule has 84 valence electrons. The highest BCUT2D eigenvalue weighted by Gasteiger charge is 2.05. The molecule has 1 unspecified atom stereocenters. The van der Waals surface area contributed by atoms with Crippen LogP contribution in [0.1, 0.15) is 33.6 Å². The maximum atomic E-state index is 11.0. The van der Waals surface area contributed by atoms with Crippen molar-refractivity contribution in [1.29, 1.82) is 0 Å². The Kier molecular flexibility index (Phi) is 7.20. The average molecular weight is 203 g/mol. The molecule has 14 heavy (non-hydrogen) atoms. The van der Waals surface area contributed by atoms with Crippen LogP contribution in [0.5, 0.6) is 0 Å². The zero-order valence-corrected chi connectivity index (χ0v) is 9.25. The van der Waals surface area contributed by atoms with Gasteiger partial charge in [0, 0.05) is 6.54 Å². The predicted octanol–water partition coefficient (Wildman–Crippen LogP) is 1.53. The summed E-state index contributed by atoms with van der Waals surface area (Å²) in [6.45, 7) is 6.70. The van der Waals surface area contributed by atoms with E-state index in [4.69, 9.17) is 9.84 Å². The van der Waals surface area contributed by atoms with E-state index in [1.54, 1.807) is 0 Å². The Balaban J connectivity index is 3.37. The van der Waals surface area contributed by atoms with Gasteiger partial charge in [-0.2, -0.15) is 0 Å². The molecule has 2 N–H and O–H groups in total. The molecule has 0 aliphatic carbocycles. The predicted molar refractivity (Wildman–Crippen MR) is 55.1 cm³/mol. The maximum absolute atomic E-state index is 11.0. The molecule has 0 bridgehead atoms. The van der Waals surface area contributed by atoms with Crippen LogP contribution in [-0.2, 0) is 4.74 Å². The SMILES string of the molecule is CCC(O)CNC(=O)OCCC(C)C. The first-order valence-electron chi connectivity index (χ1n) is 5.15. The van der Waals surface area contributed by atoms with E-state index in [0.29, 0.717) is 18.9 Å². The molecule has 0 heterocycles. The van der Waals surface area contributed by atoms with Crippen LogP contribution >= 0.6 is 0 Å². The summed E-state index contributed by atoms with van der Waals surface area (Å²) in [7, 11) is 0. The molecule has 0 spiro atoms. The van der Waals surface area contributed by atoms with Gasteiger partial charge in [0.25, 0.3) is 0 Å². The van der Waals surface area contributed by atoms with Crippen molar-refractivity contribution in [3.05, 3.63) is 0 Å². The molecule has 0 aromatic heterocycles. The van der Waals surface area contributed by atoms with E-state index in [9.17, 15) is 4.79 Å². The minimum absolute atomic E-state index is 0.261. The molecule has 0 aromatic rings. The fourth-order valence-electron chi connectivity index (χ4n) is 0.784. The van der Waals surface area contributed by atoms with Gasteiger partial charge in [0.05, 0.1) is 12.7 Å². The van der Waals surface area contributed by atoms with Gasteiger partial charge >= 0.3 is 6.09 Å². The molecule has 1 atom stereocenters. The monoisotopic (exact) mass is 203 g/mol. The van der Waals surface area contributed by atoms with Gasteiger partial charge in [-0.25, -0.2) is 4.79 Å². The van der Waals surface area contributed by atoms with Crippen LogP contribution in [0.3, 0.4) is 0 Å². The number of aliphatic hydroxyl groups is 1. The summed E-state index contributed by atoms with van der Waals surface area (Å²) in [6.07, 6.45) is 0.571. The smallest absolute Gasteiger partial charge is 0.407 e. The first kappa shape index (κ1) is 13.2. The zero-order valence-electron chi connectivity index (χ0n) is 9.25. The van der Waals surface area contributed by atoms with Crippen LogP contribution in [0.25, 0.3) is 0 Å². The van der Waals surface area contributed by atoms with Crippen LogP contribution in [0, 0.1) is 5.92 Å². The van der Waals surface area contributed by atoms with Crippen LogP contribution in [0.4, 0.5) is 4.79 Å². The summed E-state index contributed by atoms with van der Waals surface area (Å²) in [4.78, 5) is 11.0. The standard InChI is InChI=1S/C10H21NO3/c1-4-9(12)7-11-10(13)14-6-5-8(2)3/h8-9,12H,4-7H2,1-3H3,(H,11,13). The first-order valence-corrected chi connectivity index (χ1v) is 5.15. The third kappa shape index (κ3) is 7.86. The van der Waals surface area contributed by atoms with Crippen molar-refractivity contribution < 1.29 is 14.6 Å². The highest BCUT2D eigenvalue weighted by Crippen LogP contribution is 1.98. The molecule has 4 heteroatoms. The second-order valence-corrected chi connectivity index (χ2v) is 3.76. The largest absolute Gasteiger partial charge is 0.450 e.